The SMILES string of the molecule is CCN(CC)S(=O)(=O)N1CCc2nc(N)c(C(=O)NCc3ccccc3)cc2C1. The van der Waals surface area contributed by atoms with Gasteiger partial charge in [0.05, 0.1) is 5.56 Å². The van der Waals surface area contributed by atoms with Crippen molar-refractivity contribution >= 4 is 21.9 Å². The molecule has 1 amide bonds. The number of aromatic nitrogens is 1. The van der Waals surface area contributed by atoms with Crippen LogP contribution in [0.2, 0.25) is 0 Å². The maximum atomic E-state index is 12.8. The minimum absolute atomic E-state index is 0.161. The van der Waals surface area contributed by atoms with Gasteiger partial charge >= 0.3 is 0 Å². The van der Waals surface area contributed by atoms with E-state index in [0.717, 1.165) is 11.3 Å². The third-order valence-corrected chi connectivity index (χ3v) is 7.20. The van der Waals surface area contributed by atoms with Gasteiger partial charge in [0, 0.05) is 44.8 Å². The summed E-state index contributed by atoms with van der Waals surface area (Å²) >= 11 is 0. The van der Waals surface area contributed by atoms with Crippen LogP contribution in [0.3, 0.4) is 0 Å². The van der Waals surface area contributed by atoms with Crippen molar-refractivity contribution in [3.8, 4) is 0 Å². The van der Waals surface area contributed by atoms with Crippen molar-refractivity contribution in [2.45, 2.75) is 33.4 Å². The van der Waals surface area contributed by atoms with Gasteiger partial charge in [0.1, 0.15) is 5.82 Å². The first-order valence-electron chi connectivity index (χ1n) is 9.72. The number of carbonyl (C=O) groups excluding carboxylic acids is 1. The van der Waals surface area contributed by atoms with Crippen LogP contribution >= 0.6 is 0 Å². The summed E-state index contributed by atoms with van der Waals surface area (Å²) in [5.41, 5.74) is 8.71. The lowest BCUT2D eigenvalue weighted by Gasteiger charge is -2.32. The van der Waals surface area contributed by atoms with Crippen molar-refractivity contribution in [3.05, 3.63) is 58.8 Å². The molecule has 3 rings (SSSR count). The molecule has 2 aromatic rings. The van der Waals surface area contributed by atoms with Gasteiger partial charge in [0.25, 0.3) is 16.1 Å². The van der Waals surface area contributed by atoms with E-state index < -0.39 is 10.2 Å². The molecular weight excluding hydrogens is 390 g/mol. The fraction of sp³-hybridized carbons (Fsp3) is 0.400. The second-order valence-corrected chi connectivity index (χ2v) is 8.80. The Bertz CT molecular complexity index is 975. The molecule has 1 aromatic carbocycles. The summed E-state index contributed by atoms with van der Waals surface area (Å²) in [4.78, 5) is 17.0. The van der Waals surface area contributed by atoms with Crippen molar-refractivity contribution in [1.82, 2.24) is 18.9 Å². The summed E-state index contributed by atoms with van der Waals surface area (Å²) in [6, 6.07) is 11.2. The highest BCUT2D eigenvalue weighted by molar-refractivity contribution is 7.86. The Labute approximate surface area is 171 Å². The fourth-order valence-corrected chi connectivity index (χ4v) is 5.03. The average molecular weight is 418 g/mol. The van der Waals surface area contributed by atoms with Gasteiger partial charge in [0.2, 0.25) is 0 Å². The van der Waals surface area contributed by atoms with Crippen LogP contribution in [-0.2, 0) is 29.7 Å². The van der Waals surface area contributed by atoms with E-state index in [1.54, 1.807) is 6.07 Å². The van der Waals surface area contributed by atoms with Crippen molar-refractivity contribution in [1.29, 1.82) is 0 Å². The van der Waals surface area contributed by atoms with E-state index >= 15 is 0 Å². The zero-order chi connectivity index (χ0) is 21.0. The summed E-state index contributed by atoms with van der Waals surface area (Å²) in [6.07, 6.45) is 0.464. The molecule has 9 heteroatoms. The molecule has 0 atom stereocenters. The van der Waals surface area contributed by atoms with Crippen LogP contribution in [0.4, 0.5) is 5.82 Å². The standard InChI is InChI=1S/C20H27N5O3S/c1-3-24(4-2)29(27,28)25-11-10-18-16(14-25)12-17(19(21)23-18)20(26)22-13-15-8-6-5-7-9-15/h5-9,12H,3-4,10-11,13-14H2,1-2H3,(H2,21,23)(H,22,26). The Balaban J connectivity index is 1.79. The number of rotatable bonds is 7. The largest absolute Gasteiger partial charge is 0.383 e. The number of nitrogens with zero attached hydrogens (tertiary/aromatic N) is 3. The predicted molar refractivity (Wildman–Crippen MR) is 112 cm³/mol. The molecule has 0 fully saturated rings. The lowest BCUT2D eigenvalue weighted by atomic mass is 10.0. The summed E-state index contributed by atoms with van der Waals surface area (Å²) in [5, 5.41) is 2.84. The zero-order valence-electron chi connectivity index (χ0n) is 16.8. The predicted octanol–water partition coefficient (Wildman–Crippen LogP) is 1.54. The monoisotopic (exact) mass is 417 g/mol. The second kappa shape index (κ2) is 8.89. The molecule has 1 aliphatic heterocycles. The normalized spacial score (nSPS) is 14.6. The van der Waals surface area contributed by atoms with Crippen molar-refractivity contribution < 1.29 is 13.2 Å². The summed E-state index contributed by atoms with van der Waals surface area (Å²) in [7, 11) is -3.55. The van der Waals surface area contributed by atoms with Gasteiger partial charge in [-0.1, -0.05) is 44.2 Å². The van der Waals surface area contributed by atoms with Gasteiger partial charge < -0.3 is 11.1 Å². The number of hydrogen-bond acceptors (Lipinski definition) is 5. The molecule has 8 nitrogen and oxygen atoms in total. The molecule has 0 unspecified atom stereocenters. The van der Waals surface area contributed by atoms with E-state index in [4.69, 9.17) is 5.73 Å². The number of anilines is 1. The van der Waals surface area contributed by atoms with E-state index in [9.17, 15) is 13.2 Å². The van der Waals surface area contributed by atoms with Crippen molar-refractivity contribution in [2.75, 3.05) is 25.4 Å². The average Bonchev–Trinajstić information content (AvgIpc) is 2.72. The van der Waals surface area contributed by atoms with Gasteiger partial charge in [-0.25, -0.2) is 4.98 Å². The number of nitrogens with one attached hydrogen (secondary N) is 1. The first-order chi connectivity index (χ1) is 13.9. The molecule has 0 radical (unpaired) electrons. The molecule has 0 saturated carbocycles. The van der Waals surface area contributed by atoms with Crippen LogP contribution in [0.15, 0.2) is 36.4 Å². The van der Waals surface area contributed by atoms with E-state index in [0.29, 0.717) is 38.2 Å². The summed E-state index contributed by atoms with van der Waals surface area (Å²) in [5.74, 6) is -0.167. The molecular formula is C20H27N5O3S. The number of amides is 1. The molecule has 1 aliphatic rings. The van der Waals surface area contributed by atoms with Gasteiger partial charge in [-0.2, -0.15) is 17.0 Å². The second-order valence-electron chi connectivity index (χ2n) is 6.87. The van der Waals surface area contributed by atoms with E-state index in [-0.39, 0.29) is 23.8 Å². The van der Waals surface area contributed by atoms with Crippen LogP contribution in [0.5, 0.6) is 0 Å². The van der Waals surface area contributed by atoms with Crippen LogP contribution in [0.25, 0.3) is 0 Å². The number of hydrogen-bond donors (Lipinski definition) is 2. The Hall–Kier alpha value is -2.49. The highest BCUT2D eigenvalue weighted by Crippen LogP contribution is 2.24. The molecule has 0 spiro atoms. The van der Waals surface area contributed by atoms with Crippen LogP contribution in [0.1, 0.15) is 41.0 Å². The highest BCUT2D eigenvalue weighted by atomic mass is 32.2. The lowest BCUT2D eigenvalue weighted by molar-refractivity contribution is 0.0951. The molecule has 1 aromatic heterocycles. The topological polar surface area (TPSA) is 109 Å². The van der Waals surface area contributed by atoms with Crippen molar-refractivity contribution in [3.63, 3.8) is 0 Å². The van der Waals surface area contributed by atoms with E-state index in [2.05, 4.69) is 10.3 Å². The third-order valence-electron chi connectivity index (χ3n) is 5.06. The third kappa shape index (κ3) is 4.58. The molecule has 29 heavy (non-hydrogen) atoms. The summed E-state index contributed by atoms with van der Waals surface area (Å²) < 4.78 is 28.5. The lowest BCUT2D eigenvalue weighted by Crippen LogP contribution is -2.46. The molecule has 0 aliphatic carbocycles. The zero-order valence-corrected chi connectivity index (χ0v) is 17.6. The Morgan fingerprint density at radius 2 is 1.93 bits per heavy atom. The minimum Gasteiger partial charge on any atom is -0.383 e. The number of nitrogens with two attached hydrogens (primary N) is 1. The van der Waals surface area contributed by atoms with Crippen LogP contribution < -0.4 is 11.1 Å². The molecule has 0 bridgehead atoms. The molecule has 2 heterocycles. The number of pyridine rings is 1. The minimum atomic E-state index is -3.55. The highest BCUT2D eigenvalue weighted by Gasteiger charge is 2.32. The fourth-order valence-electron chi connectivity index (χ4n) is 3.43. The number of benzene rings is 1. The number of fused-ring (bicyclic) bond motifs is 1. The van der Waals surface area contributed by atoms with E-state index in [1.807, 2.05) is 44.2 Å². The maximum absolute atomic E-state index is 12.8. The van der Waals surface area contributed by atoms with Crippen LogP contribution in [-0.4, -0.2) is 47.6 Å². The Morgan fingerprint density at radius 3 is 2.59 bits per heavy atom. The van der Waals surface area contributed by atoms with Crippen molar-refractivity contribution in [2.24, 2.45) is 0 Å². The smallest absolute Gasteiger partial charge is 0.282 e. The Kier molecular flexibility index (Phi) is 6.51. The van der Waals surface area contributed by atoms with Gasteiger partial charge in [0.15, 0.2) is 0 Å². The molecule has 156 valence electrons. The Morgan fingerprint density at radius 1 is 1.24 bits per heavy atom. The van der Waals surface area contributed by atoms with Gasteiger partial charge in [-0.05, 0) is 17.2 Å². The van der Waals surface area contributed by atoms with Gasteiger partial charge in [-0.15, -0.1) is 0 Å². The maximum Gasteiger partial charge on any atom is 0.282 e. The van der Waals surface area contributed by atoms with E-state index in [1.165, 1.54) is 8.61 Å². The number of nitrogen functional groups attached to an aromatic ring is 1. The number of carbonyl (C=O) groups is 1. The first kappa shape index (κ1) is 21.2. The van der Waals surface area contributed by atoms with Crippen LogP contribution in [0, 0.1) is 0 Å². The molecule has 3 N–H and O–H groups in total. The van der Waals surface area contributed by atoms with Gasteiger partial charge in [-0.3, -0.25) is 4.79 Å². The first-order valence-corrected chi connectivity index (χ1v) is 11.1. The molecule has 0 saturated heterocycles. The summed E-state index contributed by atoms with van der Waals surface area (Å²) in [6.45, 7) is 5.36. The quantitative estimate of drug-likeness (QED) is 0.710.